The third-order valence-electron chi connectivity index (χ3n) is 5.41. The first-order valence-electron chi connectivity index (χ1n) is 10.1. The average molecular weight is 482 g/mol. The van der Waals surface area contributed by atoms with E-state index >= 15 is 0 Å². The van der Waals surface area contributed by atoms with Gasteiger partial charge in [-0.3, -0.25) is 14.4 Å². The summed E-state index contributed by atoms with van der Waals surface area (Å²) < 4.78 is 64.7. The highest BCUT2D eigenvalue weighted by molar-refractivity contribution is 7.90. The second-order valence-electron chi connectivity index (χ2n) is 8.02. The van der Waals surface area contributed by atoms with Crippen LogP contribution in [0.2, 0.25) is 0 Å². The van der Waals surface area contributed by atoms with Crippen molar-refractivity contribution in [1.29, 1.82) is 0 Å². The number of hydrogen-bond donors (Lipinski definition) is 2. The fourth-order valence-corrected chi connectivity index (χ4v) is 4.55. The van der Waals surface area contributed by atoms with Gasteiger partial charge >= 0.3 is 16.4 Å². The van der Waals surface area contributed by atoms with E-state index in [1.165, 1.54) is 6.07 Å². The average Bonchev–Trinajstić information content (AvgIpc) is 3.42. The molecule has 0 spiro atoms. The van der Waals surface area contributed by atoms with E-state index in [0.717, 1.165) is 42.8 Å². The number of amides is 1. The van der Waals surface area contributed by atoms with Gasteiger partial charge in [0.15, 0.2) is 0 Å². The number of aromatic amines is 1. The Hall–Kier alpha value is -3.12. The lowest BCUT2D eigenvalue weighted by molar-refractivity contribution is -0.134. The fourth-order valence-electron chi connectivity index (χ4n) is 3.65. The zero-order valence-electron chi connectivity index (χ0n) is 17.8. The van der Waals surface area contributed by atoms with Crippen LogP contribution in [0.4, 0.5) is 24.7 Å². The van der Waals surface area contributed by atoms with E-state index in [2.05, 4.69) is 14.7 Å². The Labute approximate surface area is 188 Å². The van der Waals surface area contributed by atoms with Gasteiger partial charge in [-0.1, -0.05) is 6.07 Å². The summed E-state index contributed by atoms with van der Waals surface area (Å²) in [5, 5.41) is 0.821. The van der Waals surface area contributed by atoms with Gasteiger partial charge < -0.3 is 4.98 Å². The van der Waals surface area contributed by atoms with Crippen LogP contribution in [0.5, 0.6) is 0 Å². The highest BCUT2D eigenvalue weighted by Crippen LogP contribution is 2.37. The summed E-state index contributed by atoms with van der Waals surface area (Å²) in [6.45, 7) is 0.169. The molecule has 1 amide bonds. The van der Waals surface area contributed by atoms with Crippen molar-refractivity contribution in [3.63, 3.8) is 0 Å². The first-order chi connectivity index (χ1) is 15.5. The van der Waals surface area contributed by atoms with E-state index in [9.17, 15) is 26.4 Å². The minimum Gasteiger partial charge on any atom is -0.346 e. The second kappa shape index (κ2) is 8.34. The maximum absolute atomic E-state index is 12.6. The minimum absolute atomic E-state index is 0.127. The van der Waals surface area contributed by atoms with Crippen LogP contribution in [0.3, 0.4) is 0 Å². The molecule has 1 saturated carbocycles. The predicted octanol–water partition coefficient (Wildman–Crippen LogP) is 3.81. The van der Waals surface area contributed by atoms with Gasteiger partial charge in [0.25, 0.3) is 0 Å². The molecule has 2 aromatic heterocycles. The molecule has 2 heterocycles. The van der Waals surface area contributed by atoms with Gasteiger partial charge in [0, 0.05) is 24.7 Å². The first-order valence-corrected chi connectivity index (χ1v) is 11.6. The molecular weight excluding hydrogens is 459 g/mol. The number of rotatable bonds is 8. The highest BCUT2D eigenvalue weighted by atomic mass is 32.2. The van der Waals surface area contributed by atoms with Gasteiger partial charge in [-0.15, -0.1) is 0 Å². The van der Waals surface area contributed by atoms with Crippen molar-refractivity contribution in [3.05, 3.63) is 42.1 Å². The molecule has 0 radical (unpaired) electrons. The summed E-state index contributed by atoms with van der Waals surface area (Å²) in [4.78, 5) is 20.8. The molecule has 0 aliphatic heterocycles. The van der Waals surface area contributed by atoms with Crippen LogP contribution in [0.1, 0.15) is 18.4 Å². The number of anilines is 2. The largest absolute Gasteiger partial charge is 0.402 e. The minimum atomic E-state index is -4.65. The SMILES string of the molecule is Cc1cc(NS(=O)(=O)N(C)CC(F)(F)F)ccc1-c1cc(N(C=O)C2CC2)nc2[nH]ccc12. The Bertz CT molecular complexity index is 1300. The van der Waals surface area contributed by atoms with E-state index in [1.54, 1.807) is 30.2 Å². The molecule has 8 nitrogen and oxygen atoms in total. The number of nitrogens with one attached hydrogen (secondary N) is 2. The fraction of sp³-hybridized carbons (Fsp3) is 0.333. The molecule has 2 N–H and O–H groups in total. The van der Waals surface area contributed by atoms with Crippen molar-refractivity contribution in [1.82, 2.24) is 14.3 Å². The van der Waals surface area contributed by atoms with Crippen LogP contribution in [0.15, 0.2) is 36.5 Å². The molecule has 0 unspecified atom stereocenters. The number of benzene rings is 1. The number of fused-ring (bicyclic) bond motifs is 1. The number of hydrogen-bond acceptors (Lipinski definition) is 4. The summed E-state index contributed by atoms with van der Waals surface area (Å²) in [7, 11) is -3.53. The summed E-state index contributed by atoms with van der Waals surface area (Å²) in [5.41, 5.74) is 3.00. The molecule has 0 bridgehead atoms. The summed E-state index contributed by atoms with van der Waals surface area (Å²) in [5.74, 6) is 0.510. The van der Waals surface area contributed by atoms with Crippen LogP contribution >= 0.6 is 0 Å². The number of aromatic nitrogens is 2. The molecular formula is C21H22F3N5O3S. The molecule has 4 rings (SSSR count). The topological polar surface area (TPSA) is 98.4 Å². The van der Waals surface area contributed by atoms with Crippen LogP contribution in [0.25, 0.3) is 22.2 Å². The van der Waals surface area contributed by atoms with Gasteiger partial charge in [0.2, 0.25) is 6.41 Å². The number of H-pyrrole nitrogens is 1. The van der Waals surface area contributed by atoms with Gasteiger partial charge in [0.05, 0.1) is 5.69 Å². The number of halogens is 3. The monoisotopic (exact) mass is 481 g/mol. The van der Waals surface area contributed by atoms with E-state index in [0.29, 0.717) is 17.0 Å². The molecule has 12 heteroatoms. The molecule has 0 saturated heterocycles. The van der Waals surface area contributed by atoms with Crippen molar-refractivity contribution in [3.8, 4) is 11.1 Å². The number of carbonyl (C=O) groups is 1. The maximum atomic E-state index is 12.6. The van der Waals surface area contributed by atoms with Crippen LogP contribution in [-0.4, -0.2) is 54.9 Å². The lowest BCUT2D eigenvalue weighted by atomic mass is 9.98. The molecule has 1 fully saturated rings. The molecule has 3 aromatic rings. The zero-order chi connectivity index (χ0) is 24.0. The maximum Gasteiger partial charge on any atom is 0.402 e. The number of nitrogens with zero attached hydrogens (tertiary/aromatic N) is 3. The van der Waals surface area contributed by atoms with Crippen molar-refractivity contribution in [2.75, 3.05) is 23.2 Å². The van der Waals surface area contributed by atoms with Crippen LogP contribution in [-0.2, 0) is 15.0 Å². The Balaban J connectivity index is 1.67. The normalized spacial score (nSPS) is 14.6. The summed E-state index contributed by atoms with van der Waals surface area (Å²) in [6.07, 6.45) is -0.327. The lowest BCUT2D eigenvalue weighted by Crippen LogP contribution is -2.39. The third kappa shape index (κ3) is 4.96. The van der Waals surface area contributed by atoms with Crippen molar-refractivity contribution >= 4 is 39.2 Å². The standard InChI is InChI=1S/C21H22F3N5O3S/c1-13-9-14(27-33(31,32)28(2)11-21(22,23)24)3-6-16(13)18-10-19(29(12-30)15-4-5-15)26-20-17(18)7-8-25-20/h3,6-10,12,15,27H,4-5,11H2,1-2H3,(H,25,26). The van der Waals surface area contributed by atoms with Gasteiger partial charge in [-0.05, 0) is 60.7 Å². The predicted molar refractivity (Wildman–Crippen MR) is 119 cm³/mol. The van der Waals surface area contributed by atoms with Crippen molar-refractivity contribution in [2.24, 2.45) is 0 Å². The smallest absolute Gasteiger partial charge is 0.346 e. The van der Waals surface area contributed by atoms with E-state index in [4.69, 9.17) is 0 Å². The summed E-state index contributed by atoms with van der Waals surface area (Å²) >= 11 is 0. The molecule has 1 aliphatic rings. The van der Waals surface area contributed by atoms with Crippen LogP contribution in [0, 0.1) is 6.92 Å². The number of aryl methyl sites for hydroxylation is 1. The molecule has 176 valence electrons. The third-order valence-corrected chi connectivity index (χ3v) is 6.85. The molecule has 33 heavy (non-hydrogen) atoms. The van der Waals surface area contributed by atoms with Gasteiger partial charge in [-0.25, -0.2) is 4.98 Å². The van der Waals surface area contributed by atoms with E-state index < -0.39 is 22.9 Å². The number of carbonyl (C=O) groups excluding carboxylic acids is 1. The second-order valence-corrected chi connectivity index (χ2v) is 9.80. The Kier molecular flexibility index (Phi) is 5.83. The van der Waals surface area contributed by atoms with Gasteiger partial charge in [-0.2, -0.15) is 25.9 Å². The summed E-state index contributed by atoms with van der Waals surface area (Å²) in [6, 6.07) is 8.51. The van der Waals surface area contributed by atoms with Crippen molar-refractivity contribution < 1.29 is 26.4 Å². The lowest BCUT2D eigenvalue weighted by Gasteiger charge is -2.20. The Morgan fingerprint density at radius 2 is 1.94 bits per heavy atom. The quantitative estimate of drug-likeness (QED) is 0.478. The zero-order valence-corrected chi connectivity index (χ0v) is 18.7. The van der Waals surface area contributed by atoms with Crippen LogP contribution < -0.4 is 9.62 Å². The molecule has 0 atom stereocenters. The Morgan fingerprint density at radius 1 is 1.21 bits per heavy atom. The number of alkyl halides is 3. The first kappa shape index (κ1) is 23.1. The van der Waals surface area contributed by atoms with Crippen molar-refractivity contribution in [2.45, 2.75) is 32.0 Å². The van der Waals surface area contributed by atoms with E-state index in [-0.39, 0.29) is 16.0 Å². The van der Waals surface area contributed by atoms with E-state index in [1.807, 2.05) is 12.1 Å². The highest BCUT2D eigenvalue weighted by Gasteiger charge is 2.34. The molecule has 1 aliphatic carbocycles. The molecule has 1 aromatic carbocycles. The number of pyridine rings is 1. The van der Waals surface area contributed by atoms with Gasteiger partial charge in [0.1, 0.15) is 18.0 Å². The Morgan fingerprint density at radius 3 is 2.55 bits per heavy atom.